The fraction of sp³-hybridized carbons (Fsp3) is 0.318. The Labute approximate surface area is 331 Å². The van der Waals surface area contributed by atoms with Crippen molar-refractivity contribution in [1.29, 1.82) is 10.5 Å². The Bertz CT molecular complexity index is 2490. The van der Waals surface area contributed by atoms with Crippen LogP contribution in [0.4, 0.5) is 8.78 Å². The number of carbonyl (C=O) groups is 2. The molecule has 2 atom stereocenters. The molecule has 11 nitrogen and oxygen atoms in total. The van der Waals surface area contributed by atoms with Crippen LogP contribution in [-0.4, -0.2) is 36.1 Å². The van der Waals surface area contributed by atoms with Crippen molar-refractivity contribution in [1.82, 2.24) is 24.4 Å². The van der Waals surface area contributed by atoms with Crippen molar-refractivity contribution in [2.75, 3.05) is 0 Å². The number of aromatic nitrogens is 4. The summed E-state index contributed by atoms with van der Waals surface area (Å²) >= 11 is 0. The van der Waals surface area contributed by atoms with Gasteiger partial charge in [-0.05, 0) is 113 Å². The number of carboxylic acid groups (broad SMARTS) is 1. The zero-order valence-electron chi connectivity index (χ0n) is 33.4. The highest BCUT2D eigenvalue weighted by Crippen LogP contribution is 2.28. The average Bonchev–Trinajstić information content (AvgIpc) is 3.76. The van der Waals surface area contributed by atoms with Crippen molar-refractivity contribution < 1.29 is 23.5 Å². The third-order valence-corrected chi connectivity index (χ3v) is 9.67. The number of para-hydroxylation sites is 2. The molecule has 296 valence electrons. The molecule has 4 aromatic carbocycles. The van der Waals surface area contributed by atoms with Crippen LogP contribution in [0.2, 0.25) is 0 Å². The lowest BCUT2D eigenvalue weighted by atomic mass is 9.84. The second-order valence-corrected chi connectivity index (χ2v) is 15.0. The SMILES string of the molecule is Cc1cc(C(C)(C)C#N)ccc1C(C)N.Cc1cc(C(C)(C)C#N)ccc1C(C)NC(=O)Cn1cnc2cccc(F)c21.O=C(O)Cn1cnc2cccc(F)c21. The van der Waals surface area contributed by atoms with Crippen molar-refractivity contribution in [2.24, 2.45) is 5.73 Å². The monoisotopic (exact) mass is 774 g/mol. The maximum Gasteiger partial charge on any atom is 0.323 e. The predicted octanol–water partition coefficient (Wildman–Crippen LogP) is 8.24. The molecule has 0 radical (unpaired) electrons. The summed E-state index contributed by atoms with van der Waals surface area (Å²) in [7, 11) is 0. The number of hydrogen-bond donors (Lipinski definition) is 3. The molecule has 0 saturated heterocycles. The molecule has 4 N–H and O–H groups in total. The van der Waals surface area contributed by atoms with Gasteiger partial charge >= 0.3 is 5.97 Å². The Balaban J connectivity index is 0.000000209. The van der Waals surface area contributed by atoms with Gasteiger partial charge in [-0.15, -0.1) is 0 Å². The number of nitriles is 2. The van der Waals surface area contributed by atoms with E-state index in [0.717, 1.165) is 33.4 Å². The molecule has 0 aliphatic rings. The van der Waals surface area contributed by atoms with E-state index in [4.69, 9.17) is 16.1 Å². The van der Waals surface area contributed by atoms with Crippen molar-refractivity contribution >= 4 is 33.9 Å². The fourth-order valence-corrected chi connectivity index (χ4v) is 6.32. The van der Waals surface area contributed by atoms with E-state index in [-0.39, 0.29) is 36.6 Å². The van der Waals surface area contributed by atoms with Crippen LogP contribution >= 0.6 is 0 Å². The quantitative estimate of drug-likeness (QED) is 0.132. The van der Waals surface area contributed by atoms with Gasteiger partial charge in [-0.25, -0.2) is 18.7 Å². The molecule has 1 amide bonds. The van der Waals surface area contributed by atoms with Crippen molar-refractivity contribution in [3.8, 4) is 12.1 Å². The maximum atomic E-state index is 14.1. The lowest BCUT2D eigenvalue weighted by Gasteiger charge is -2.21. The number of fused-ring (bicyclic) bond motifs is 2. The first-order chi connectivity index (χ1) is 26.8. The summed E-state index contributed by atoms with van der Waals surface area (Å²) in [5.74, 6) is -2.10. The van der Waals surface area contributed by atoms with Crippen LogP contribution in [0, 0.1) is 48.1 Å². The lowest BCUT2D eigenvalue weighted by Crippen LogP contribution is -2.30. The molecule has 0 bridgehead atoms. The van der Waals surface area contributed by atoms with Gasteiger partial charge in [0.1, 0.15) is 35.8 Å². The molecule has 0 saturated carbocycles. The van der Waals surface area contributed by atoms with Crippen molar-refractivity contribution in [2.45, 2.75) is 91.4 Å². The molecular formula is C44H48F2N8O3. The molecule has 6 rings (SSSR count). The maximum absolute atomic E-state index is 14.1. The molecule has 0 aliphatic heterocycles. The highest BCUT2D eigenvalue weighted by Gasteiger charge is 2.22. The Morgan fingerprint density at radius 1 is 0.772 bits per heavy atom. The molecule has 2 heterocycles. The zero-order chi connectivity index (χ0) is 42.2. The first-order valence-electron chi connectivity index (χ1n) is 18.3. The number of aryl methyl sites for hydroxylation is 2. The van der Waals surface area contributed by atoms with E-state index in [1.165, 1.54) is 40.0 Å². The molecule has 0 aliphatic carbocycles. The minimum atomic E-state index is -1.02. The number of aliphatic carboxylic acids is 1. The third-order valence-electron chi connectivity index (χ3n) is 9.67. The van der Waals surface area contributed by atoms with E-state index in [0.29, 0.717) is 16.6 Å². The van der Waals surface area contributed by atoms with Gasteiger partial charge in [0.2, 0.25) is 5.91 Å². The average molecular weight is 775 g/mol. The standard InChI is InChI=1S/C22H23FN4O.C13H18N2.C9H7FN2O2/c1-14-10-16(22(3,4)12-24)8-9-17(14)15(2)26-20(28)11-27-13-25-19-7-5-6-18(23)21(19)27;1-9-7-11(13(3,4)8-14)5-6-12(9)10(2)15;10-6-2-1-3-7-9(6)12(5-11-7)4-8(13)14/h5-10,13,15H,11H2,1-4H3,(H,26,28);5-7,10H,15H2,1-4H3;1-3,5H,4H2,(H,13,14). The van der Waals surface area contributed by atoms with Crippen LogP contribution in [0.5, 0.6) is 0 Å². The number of benzene rings is 4. The van der Waals surface area contributed by atoms with Gasteiger partial charge < -0.3 is 25.3 Å². The smallest absolute Gasteiger partial charge is 0.323 e. The predicted molar refractivity (Wildman–Crippen MR) is 216 cm³/mol. The Morgan fingerprint density at radius 3 is 1.61 bits per heavy atom. The van der Waals surface area contributed by atoms with Gasteiger partial charge in [-0.2, -0.15) is 10.5 Å². The van der Waals surface area contributed by atoms with Crippen LogP contribution in [0.1, 0.15) is 87.0 Å². The van der Waals surface area contributed by atoms with E-state index in [2.05, 4.69) is 33.5 Å². The van der Waals surface area contributed by atoms with Crippen LogP contribution in [0.25, 0.3) is 22.1 Å². The Morgan fingerprint density at radius 2 is 1.21 bits per heavy atom. The number of nitrogens with two attached hydrogens (primary N) is 1. The normalized spacial score (nSPS) is 12.3. The number of carbonyl (C=O) groups excluding carboxylic acids is 1. The van der Waals surface area contributed by atoms with Gasteiger partial charge in [0, 0.05) is 6.04 Å². The number of halogens is 2. The summed E-state index contributed by atoms with van der Waals surface area (Å²) < 4.78 is 30.1. The third kappa shape index (κ3) is 10.5. The molecule has 2 unspecified atom stereocenters. The zero-order valence-corrected chi connectivity index (χ0v) is 33.4. The summed E-state index contributed by atoms with van der Waals surface area (Å²) in [4.78, 5) is 31.0. The van der Waals surface area contributed by atoms with Gasteiger partial charge in [-0.3, -0.25) is 9.59 Å². The molecule has 2 aromatic heterocycles. The lowest BCUT2D eigenvalue weighted by molar-refractivity contribution is -0.137. The van der Waals surface area contributed by atoms with E-state index < -0.39 is 28.4 Å². The van der Waals surface area contributed by atoms with E-state index in [9.17, 15) is 23.6 Å². The highest BCUT2D eigenvalue weighted by atomic mass is 19.1. The Hall–Kier alpha value is -6.44. The van der Waals surface area contributed by atoms with Gasteiger partial charge in [-0.1, -0.05) is 48.5 Å². The summed E-state index contributed by atoms with van der Waals surface area (Å²) in [5.41, 5.74) is 12.7. The Kier molecular flexibility index (Phi) is 13.7. The first kappa shape index (κ1) is 43.3. The summed E-state index contributed by atoms with van der Waals surface area (Å²) in [6, 6.07) is 25.5. The van der Waals surface area contributed by atoms with E-state index in [1.807, 2.05) is 85.7 Å². The number of nitrogens with one attached hydrogen (secondary N) is 1. The minimum Gasteiger partial charge on any atom is -0.480 e. The van der Waals surface area contributed by atoms with Crippen LogP contribution in [-0.2, 0) is 33.5 Å². The van der Waals surface area contributed by atoms with Gasteiger partial charge in [0.05, 0.1) is 52.7 Å². The molecular weight excluding hydrogens is 727 g/mol. The molecule has 0 spiro atoms. The summed E-state index contributed by atoms with van der Waals surface area (Å²) in [5, 5.41) is 29.9. The molecule has 6 aromatic rings. The molecule has 0 fully saturated rings. The summed E-state index contributed by atoms with van der Waals surface area (Å²) in [6.45, 7) is 15.2. The topological polar surface area (TPSA) is 176 Å². The van der Waals surface area contributed by atoms with Crippen LogP contribution in [0.15, 0.2) is 85.5 Å². The van der Waals surface area contributed by atoms with Crippen LogP contribution in [0.3, 0.4) is 0 Å². The largest absolute Gasteiger partial charge is 0.480 e. The number of hydrogen-bond acceptors (Lipinski definition) is 7. The van der Waals surface area contributed by atoms with Gasteiger partial charge in [0.15, 0.2) is 0 Å². The number of imidazole rings is 2. The van der Waals surface area contributed by atoms with Crippen molar-refractivity contribution in [3.05, 3.63) is 130 Å². The molecule has 13 heteroatoms. The number of carboxylic acids is 1. The first-order valence-corrected chi connectivity index (χ1v) is 18.3. The summed E-state index contributed by atoms with van der Waals surface area (Å²) in [6.07, 6.45) is 2.80. The van der Waals surface area contributed by atoms with Gasteiger partial charge in [0.25, 0.3) is 0 Å². The van der Waals surface area contributed by atoms with Crippen LogP contribution < -0.4 is 11.1 Å². The second kappa shape index (κ2) is 18.0. The molecule has 57 heavy (non-hydrogen) atoms. The highest BCUT2D eigenvalue weighted by molar-refractivity contribution is 5.81. The fourth-order valence-electron chi connectivity index (χ4n) is 6.32. The van der Waals surface area contributed by atoms with E-state index >= 15 is 0 Å². The number of rotatable bonds is 9. The minimum absolute atomic E-state index is 0.0135. The van der Waals surface area contributed by atoms with Crippen molar-refractivity contribution in [3.63, 3.8) is 0 Å². The van der Waals surface area contributed by atoms with E-state index in [1.54, 1.807) is 18.2 Å². The number of amides is 1. The second-order valence-electron chi connectivity index (χ2n) is 15.0. The number of nitrogens with zero attached hydrogens (tertiary/aromatic N) is 6.